The highest BCUT2D eigenvalue weighted by atomic mass is 32.2. The third-order valence-corrected chi connectivity index (χ3v) is 5.28. The van der Waals surface area contributed by atoms with Crippen molar-refractivity contribution in [1.82, 2.24) is 30.2 Å². The SMILES string of the molecule is C[C@H](Sc1nnnn1C[C@H]1CCCO1)c1nc2ccccc2c(=O)[nH]1. The van der Waals surface area contributed by atoms with E-state index in [2.05, 4.69) is 25.5 Å². The number of para-hydroxylation sites is 1. The summed E-state index contributed by atoms with van der Waals surface area (Å²) in [6.07, 6.45) is 2.27. The van der Waals surface area contributed by atoms with Gasteiger partial charge in [0.15, 0.2) is 0 Å². The van der Waals surface area contributed by atoms with Gasteiger partial charge in [-0.05, 0) is 42.3 Å². The fourth-order valence-electron chi connectivity index (χ4n) is 2.89. The lowest BCUT2D eigenvalue weighted by atomic mass is 10.2. The van der Waals surface area contributed by atoms with Gasteiger partial charge in [0.2, 0.25) is 5.16 Å². The summed E-state index contributed by atoms with van der Waals surface area (Å²) in [7, 11) is 0. The molecule has 0 bridgehead atoms. The molecule has 9 heteroatoms. The molecule has 130 valence electrons. The monoisotopic (exact) mass is 358 g/mol. The number of aromatic amines is 1. The molecule has 1 saturated heterocycles. The minimum atomic E-state index is -0.132. The van der Waals surface area contributed by atoms with Gasteiger partial charge in [-0.2, -0.15) is 0 Å². The van der Waals surface area contributed by atoms with Crippen LogP contribution in [0.25, 0.3) is 10.9 Å². The number of aromatic nitrogens is 6. The molecule has 0 radical (unpaired) electrons. The number of benzene rings is 1. The summed E-state index contributed by atoms with van der Waals surface area (Å²) < 4.78 is 7.41. The van der Waals surface area contributed by atoms with E-state index >= 15 is 0 Å². The maximum atomic E-state index is 12.2. The lowest BCUT2D eigenvalue weighted by Crippen LogP contribution is -2.17. The second-order valence-electron chi connectivity index (χ2n) is 6.01. The molecule has 0 aliphatic carbocycles. The number of hydrogen-bond acceptors (Lipinski definition) is 7. The normalized spacial score (nSPS) is 18.7. The number of tetrazole rings is 1. The molecule has 2 atom stereocenters. The molecule has 3 heterocycles. The van der Waals surface area contributed by atoms with E-state index in [4.69, 9.17) is 4.74 Å². The molecule has 2 aromatic heterocycles. The molecule has 1 aromatic carbocycles. The first-order valence-corrected chi connectivity index (χ1v) is 9.12. The summed E-state index contributed by atoms with van der Waals surface area (Å²) in [4.78, 5) is 19.7. The van der Waals surface area contributed by atoms with Crippen LogP contribution in [0.3, 0.4) is 0 Å². The van der Waals surface area contributed by atoms with Crippen molar-refractivity contribution in [3.8, 4) is 0 Å². The average molecular weight is 358 g/mol. The van der Waals surface area contributed by atoms with Gasteiger partial charge in [0, 0.05) is 6.61 Å². The van der Waals surface area contributed by atoms with E-state index in [9.17, 15) is 4.79 Å². The van der Waals surface area contributed by atoms with Gasteiger partial charge < -0.3 is 9.72 Å². The van der Waals surface area contributed by atoms with Crippen molar-refractivity contribution in [2.45, 2.75) is 42.8 Å². The third kappa shape index (κ3) is 3.42. The van der Waals surface area contributed by atoms with Gasteiger partial charge in [0.05, 0.1) is 28.8 Å². The molecule has 4 rings (SSSR count). The minimum Gasteiger partial charge on any atom is -0.376 e. The van der Waals surface area contributed by atoms with Crippen molar-refractivity contribution >= 4 is 22.7 Å². The Balaban J connectivity index is 1.55. The third-order valence-electron chi connectivity index (χ3n) is 4.20. The Bertz CT molecular complexity index is 934. The van der Waals surface area contributed by atoms with Crippen molar-refractivity contribution in [2.24, 2.45) is 0 Å². The molecule has 1 N–H and O–H groups in total. The number of H-pyrrole nitrogens is 1. The molecule has 0 amide bonds. The summed E-state index contributed by atoms with van der Waals surface area (Å²) in [6, 6.07) is 7.31. The van der Waals surface area contributed by atoms with Crippen LogP contribution in [0.5, 0.6) is 0 Å². The Kier molecular flexibility index (Phi) is 4.50. The number of fused-ring (bicyclic) bond motifs is 1. The molecule has 0 spiro atoms. The summed E-state index contributed by atoms with van der Waals surface area (Å²) in [5.41, 5.74) is 0.555. The molecule has 0 unspecified atom stereocenters. The molecular formula is C16H18N6O2S. The van der Waals surface area contributed by atoms with Crippen molar-refractivity contribution in [1.29, 1.82) is 0 Å². The van der Waals surface area contributed by atoms with Crippen LogP contribution < -0.4 is 5.56 Å². The van der Waals surface area contributed by atoms with Crippen molar-refractivity contribution in [3.05, 3.63) is 40.4 Å². The first kappa shape index (κ1) is 16.2. The van der Waals surface area contributed by atoms with Gasteiger partial charge in [-0.15, -0.1) is 5.10 Å². The van der Waals surface area contributed by atoms with Crippen molar-refractivity contribution < 1.29 is 4.74 Å². The maximum Gasteiger partial charge on any atom is 0.258 e. The Labute approximate surface area is 148 Å². The van der Waals surface area contributed by atoms with Crippen LogP contribution >= 0.6 is 11.8 Å². The molecule has 1 aliphatic heterocycles. The van der Waals surface area contributed by atoms with E-state index in [1.165, 1.54) is 11.8 Å². The number of hydrogen-bond donors (Lipinski definition) is 1. The number of ether oxygens (including phenoxy) is 1. The number of nitrogens with one attached hydrogen (secondary N) is 1. The first-order chi connectivity index (χ1) is 12.2. The van der Waals surface area contributed by atoms with Crippen LogP contribution in [0.4, 0.5) is 0 Å². The zero-order chi connectivity index (χ0) is 17.2. The van der Waals surface area contributed by atoms with E-state index in [0.717, 1.165) is 19.4 Å². The number of thioether (sulfide) groups is 1. The van der Waals surface area contributed by atoms with Crippen LogP contribution in [-0.4, -0.2) is 42.9 Å². The predicted octanol–water partition coefficient (Wildman–Crippen LogP) is 1.94. The highest BCUT2D eigenvalue weighted by Crippen LogP contribution is 2.31. The molecule has 3 aromatic rings. The van der Waals surface area contributed by atoms with Crippen LogP contribution in [-0.2, 0) is 11.3 Å². The number of nitrogens with zero attached hydrogens (tertiary/aromatic N) is 5. The highest BCUT2D eigenvalue weighted by Gasteiger charge is 2.21. The Morgan fingerprint density at radius 1 is 1.44 bits per heavy atom. The van der Waals surface area contributed by atoms with Gasteiger partial charge >= 0.3 is 0 Å². The van der Waals surface area contributed by atoms with Crippen molar-refractivity contribution in [2.75, 3.05) is 6.61 Å². The maximum absolute atomic E-state index is 12.2. The van der Waals surface area contributed by atoms with Crippen molar-refractivity contribution in [3.63, 3.8) is 0 Å². The average Bonchev–Trinajstić information content (AvgIpc) is 3.28. The van der Waals surface area contributed by atoms with Crippen LogP contribution in [0, 0.1) is 0 Å². The van der Waals surface area contributed by atoms with Gasteiger partial charge in [-0.25, -0.2) is 9.67 Å². The second-order valence-corrected chi connectivity index (χ2v) is 7.31. The quantitative estimate of drug-likeness (QED) is 0.696. The first-order valence-electron chi connectivity index (χ1n) is 8.24. The fraction of sp³-hybridized carbons (Fsp3) is 0.438. The summed E-state index contributed by atoms with van der Waals surface area (Å²) in [6.45, 7) is 3.42. The highest BCUT2D eigenvalue weighted by molar-refractivity contribution is 7.99. The molecule has 25 heavy (non-hydrogen) atoms. The van der Waals surface area contributed by atoms with Gasteiger partial charge in [0.25, 0.3) is 5.56 Å². The lowest BCUT2D eigenvalue weighted by Gasteiger charge is -2.13. The van der Waals surface area contributed by atoms with Crippen LogP contribution in [0.2, 0.25) is 0 Å². The van der Waals surface area contributed by atoms with E-state index in [-0.39, 0.29) is 16.9 Å². The summed E-state index contributed by atoms with van der Waals surface area (Å²) in [5.74, 6) is 0.611. The smallest absolute Gasteiger partial charge is 0.258 e. The Hall–Kier alpha value is -2.26. The van der Waals surface area contributed by atoms with E-state index in [1.54, 1.807) is 10.7 Å². The Morgan fingerprint density at radius 3 is 3.16 bits per heavy atom. The van der Waals surface area contributed by atoms with Gasteiger partial charge in [0.1, 0.15) is 5.82 Å². The molecule has 1 aliphatic rings. The van der Waals surface area contributed by atoms with E-state index < -0.39 is 0 Å². The summed E-state index contributed by atoms with van der Waals surface area (Å²) in [5, 5.41) is 13.1. The topological polar surface area (TPSA) is 98.6 Å². The second kappa shape index (κ2) is 6.93. The Morgan fingerprint density at radius 2 is 2.32 bits per heavy atom. The zero-order valence-electron chi connectivity index (χ0n) is 13.8. The van der Waals surface area contributed by atoms with Gasteiger partial charge in [-0.1, -0.05) is 23.9 Å². The van der Waals surface area contributed by atoms with Crippen LogP contribution in [0.1, 0.15) is 30.8 Å². The van der Waals surface area contributed by atoms with E-state index in [0.29, 0.717) is 28.4 Å². The van der Waals surface area contributed by atoms with Gasteiger partial charge in [-0.3, -0.25) is 4.79 Å². The molecule has 1 fully saturated rings. The van der Waals surface area contributed by atoms with Crippen LogP contribution in [0.15, 0.2) is 34.2 Å². The molecule has 0 saturated carbocycles. The van der Waals surface area contributed by atoms with E-state index in [1.807, 2.05) is 25.1 Å². The fourth-order valence-corrected chi connectivity index (χ4v) is 3.74. The minimum absolute atomic E-state index is 0.0912. The number of rotatable bonds is 5. The standard InChI is InChI=1S/C16H18N6O2S/c1-10(14-17-13-7-3-2-6-12(13)15(23)18-14)25-16-19-20-21-22(16)9-11-5-4-8-24-11/h2-3,6-7,10-11H,4-5,8-9H2,1H3,(H,17,18,23)/t10-,11+/m0/s1. The largest absolute Gasteiger partial charge is 0.376 e. The lowest BCUT2D eigenvalue weighted by molar-refractivity contribution is 0.0911. The molecular weight excluding hydrogens is 340 g/mol. The zero-order valence-corrected chi connectivity index (χ0v) is 14.6. The predicted molar refractivity (Wildman–Crippen MR) is 93.4 cm³/mol. The molecule has 8 nitrogen and oxygen atoms in total. The summed E-state index contributed by atoms with van der Waals surface area (Å²) >= 11 is 1.47.